The molecule has 1 aromatic carbocycles. The number of anilines is 1. The van der Waals surface area contributed by atoms with Crippen molar-refractivity contribution in [2.45, 2.75) is 9.92 Å². The van der Waals surface area contributed by atoms with Crippen LogP contribution in [0.25, 0.3) is 0 Å². The Kier molecular flexibility index (Phi) is 2.88. The lowest BCUT2D eigenvalue weighted by Crippen LogP contribution is -1.86. The highest BCUT2D eigenvalue weighted by Gasteiger charge is 2.06. The first-order chi connectivity index (χ1) is 7.15. The van der Waals surface area contributed by atoms with E-state index in [-0.39, 0.29) is 0 Å². The lowest BCUT2D eigenvalue weighted by molar-refractivity contribution is 0.738. The van der Waals surface area contributed by atoms with Gasteiger partial charge in [-0.2, -0.15) is 5.10 Å². The number of benzene rings is 1. The molecule has 2 aromatic rings. The molecule has 1 aromatic heterocycles. The molecular formula is C10H10ClN3S. The minimum Gasteiger partial charge on any atom is -0.395 e. The molecule has 2 rings (SSSR count). The summed E-state index contributed by atoms with van der Waals surface area (Å²) < 4.78 is 1.70. The van der Waals surface area contributed by atoms with Gasteiger partial charge in [0.15, 0.2) is 0 Å². The maximum Gasteiger partial charge on any atom is 0.146 e. The van der Waals surface area contributed by atoms with Crippen molar-refractivity contribution in [3.8, 4) is 0 Å². The highest BCUT2D eigenvalue weighted by molar-refractivity contribution is 7.99. The van der Waals surface area contributed by atoms with Crippen LogP contribution in [0.5, 0.6) is 0 Å². The van der Waals surface area contributed by atoms with Gasteiger partial charge in [0.2, 0.25) is 0 Å². The second kappa shape index (κ2) is 4.16. The minimum atomic E-state index is 0.683. The lowest BCUT2D eigenvalue weighted by atomic mass is 10.4. The number of aromatic nitrogens is 2. The van der Waals surface area contributed by atoms with Crippen molar-refractivity contribution in [2.24, 2.45) is 7.05 Å². The highest BCUT2D eigenvalue weighted by Crippen LogP contribution is 2.31. The zero-order chi connectivity index (χ0) is 10.8. The van der Waals surface area contributed by atoms with Gasteiger partial charge in [0.05, 0.1) is 5.69 Å². The topological polar surface area (TPSA) is 43.8 Å². The second-order valence-corrected chi connectivity index (χ2v) is 4.62. The molecular weight excluding hydrogens is 230 g/mol. The largest absolute Gasteiger partial charge is 0.395 e. The molecule has 0 aliphatic rings. The van der Waals surface area contributed by atoms with Crippen LogP contribution in [-0.4, -0.2) is 9.78 Å². The Morgan fingerprint density at radius 1 is 1.47 bits per heavy atom. The molecule has 2 N–H and O–H groups in total. The summed E-state index contributed by atoms with van der Waals surface area (Å²) in [6.45, 7) is 0. The predicted octanol–water partition coefficient (Wildman–Crippen LogP) is 2.81. The molecule has 0 spiro atoms. The van der Waals surface area contributed by atoms with E-state index in [0.717, 1.165) is 14.9 Å². The average Bonchev–Trinajstić information content (AvgIpc) is 2.45. The zero-order valence-corrected chi connectivity index (χ0v) is 9.72. The van der Waals surface area contributed by atoms with Gasteiger partial charge in [-0.15, -0.1) is 0 Å². The molecule has 0 aliphatic carbocycles. The number of halogens is 1. The SMILES string of the molecule is Cn1cc(N)c(Sc2cccc(Cl)c2)n1. The molecule has 1 heterocycles. The van der Waals surface area contributed by atoms with E-state index < -0.39 is 0 Å². The third-order valence-corrected chi connectivity index (χ3v) is 3.07. The first-order valence-corrected chi connectivity index (χ1v) is 5.57. The summed E-state index contributed by atoms with van der Waals surface area (Å²) in [5.74, 6) is 0. The molecule has 0 aliphatic heterocycles. The second-order valence-electron chi connectivity index (χ2n) is 3.12. The fourth-order valence-corrected chi connectivity index (χ4v) is 2.36. The van der Waals surface area contributed by atoms with Crippen molar-refractivity contribution in [3.05, 3.63) is 35.5 Å². The number of hydrogen-bond donors (Lipinski definition) is 1. The number of aryl methyl sites for hydroxylation is 1. The van der Waals surface area contributed by atoms with Gasteiger partial charge in [0, 0.05) is 23.2 Å². The zero-order valence-electron chi connectivity index (χ0n) is 8.14. The molecule has 0 saturated carbocycles. The molecule has 15 heavy (non-hydrogen) atoms. The molecule has 0 radical (unpaired) electrons. The van der Waals surface area contributed by atoms with Crippen LogP contribution in [0, 0.1) is 0 Å². The quantitative estimate of drug-likeness (QED) is 0.877. The molecule has 3 nitrogen and oxygen atoms in total. The number of nitrogens with two attached hydrogens (primary N) is 1. The van der Waals surface area contributed by atoms with Crippen LogP contribution in [-0.2, 0) is 7.05 Å². The van der Waals surface area contributed by atoms with Gasteiger partial charge in [0.1, 0.15) is 5.03 Å². The van der Waals surface area contributed by atoms with Crippen LogP contribution in [0.4, 0.5) is 5.69 Å². The Labute approximate surface area is 97.2 Å². The van der Waals surface area contributed by atoms with Gasteiger partial charge in [-0.3, -0.25) is 4.68 Å². The maximum atomic E-state index is 5.89. The van der Waals surface area contributed by atoms with Crippen LogP contribution < -0.4 is 5.73 Å². The normalized spacial score (nSPS) is 10.5. The summed E-state index contributed by atoms with van der Waals surface area (Å²) in [5, 5.41) is 5.77. The Balaban J connectivity index is 2.25. The van der Waals surface area contributed by atoms with Crippen LogP contribution >= 0.6 is 23.4 Å². The number of nitrogen functional groups attached to an aromatic ring is 1. The third-order valence-electron chi connectivity index (χ3n) is 1.83. The number of nitrogens with zero attached hydrogens (tertiary/aromatic N) is 2. The predicted molar refractivity (Wildman–Crippen MR) is 63.2 cm³/mol. The fourth-order valence-electron chi connectivity index (χ4n) is 1.21. The van der Waals surface area contributed by atoms with Gasteiger partial charge in [-0.1, -0.05) is 29.4 Å². The summed E-state index contributed by atoms with van der Waals surface area (Å²) in [4.78, 5) is 1.04. The summed E-state index contributed by atoms with van der Waals surface area (Å²) in [6.07, 6.45) is 1.78. The van der Waals surface area contributed by atoms with Gasteiger partial charge in [0.25, 0.3) is 0 Å². The van der Waals surface area contributed by atoms with Crippen LogP contribution in [0.1, 0.15) is 0 Å². The van der Waals surface area contributed by atoms with Gasteiger partial charge >= 0.3 is 0 Å². The lowest BCUT2D eigenvalue weighted by Gasteiger charge is -1.99. The van der Waals surface area contributed by atoms with E-state index in [2.05, 4.69) is 5.10 Å². The van der Waals surface area contributed by atoms with E-state index in [1.54, 1.807) is 10.9 Å². The van der Waals surface area contributed by atoms with Crippen molar-refractivity contribution >= 4 is 29.1 Å². The van der Waals surface area contributed by atoms with Crippen molar-refractivity contribution in [1.29, 1.82) is 0 Å². The van der Waals surface area contributed by atoms with Gasteiger partial charge < -0.3 is 5.73 Å². The molecule has 0 fully saturated rings. The molecule has 5 heteroatoms. The first kappa shape index (κ1) is 10.4. The van der Waals surface area contributed by atoms with Crippen molar-refractivity contribution in [3.63, 3.8) is 0 Å². The molecule has 0 unspecified atom stereocenters. The van der Waals surface area contributed by atoms with Crippen molar-refractivity contribution in [2.75, 3.05) is 5.73 Å². The Bertz CT molecular complexity index is 481. The summed E-state index contributed by atoms with van der Waals surface area (Å²) in [6, 6.07) is 7.61. The summed E-state index contributed by atoms with van der Waals surface area (Å²) >= 11 is 7.39. The molecule has 0 saturated heterocycles. The molecule has 0 bridgehead atoms. The molecule has 78 valence electrons. The highest BCUT2D eigenvalue weighted by atomic mass is 35.5. The monoisotopic (exact) mass is 239 g/mol. The van der Waals surface area contributed by atoms with E-state index in [9.17, 15) is 0 Å². The van der Waals surface area contributed by atoms with Crippen LogP contribution in [0.2, 0.25) is 5.02 Å². The van der Waals surface area contributed by atoms with Crippen LogP contribution in [0.15, 0.2) is 40.4 Å². The third kappa shape index (κ3) is 2.46. The summed E-state index contributed by atoms with van der Waals surface area (Å²) in [7, 11) is 1.85. The molecule has 0 amide bonds. The smallest absolute Gasteiger partial charge is 0.146 e. The fraction of sp³-hybridized carbons (Fsp3) is 0.100. The van der Waals surface area contributed by atoms with Crippen LogP contribution in [0.3, 0.4) is 0 Å². The Morgan fingerprint density at radius 3 is 2.87 bits per heavy atom. The Morgan fingerprint density at radius 2 is 2.27 bits per heavy atom. The van der Waals surface area contributed by atoms with E-state index in [1.807, 2.05) is 31.3 Å². The minimum absolute atomic E-state index is 0.683. The van der Waals surface area contributed by atoms with Gasteiger partial charge in [-0.05, 0) is 18.2 Å². The van der Waals surface area contributed by atoms with E-state index in [1.165, 1.54) is 11.8 Å². The standard InChI is InChI=1S/C10H10ClN3S/c1-14-6-9(12)10(13-14)15-8-4-2-3-7(11)5-8/h2-6H,12H2,1H3. The van der Waals surface area contributed by atoms with Gasteiger partial charge in [-0.25, -0.2) is 0 Å². The van der Waals surface area contributed by atoms with E-state index in [4.69, 9.17) is 17.3 Å². The van der Waals surface area contributed by atoms with Crippen molar-refractivity contribution in [1.82, 2.24) is 9.78 Å². The van der Waals surface area contributed by atoms with E-state index in [0.29, 0.717) is 5.69 Å². The average molecular weight is 240 g/mol. The van der Waals surface area contributed by atoms with Crippen molar-refractivity contribution < 1.29 is 0 Å². The Hall–Kier alpha value is -1.13. The number of hydrogen-bond acceptors (Lipinski definition) is 3. The summed E-state index contributed by atoms with van der Waals surface area (Å²) in [5.41, 5.74) is 6.47. The number of rotatable bonds is 2. The molecule has 0 atom stereocenters. The van der Waals surface area contributed by atoms with E-state index >= 15 is 0 Å². The maximum absolute atomic E-state index is 5.89. The first-order valence-electron chi connectivity index (χ1n) is 4.37.